The van der Waals surface area contributed by atoms with E-state index < -0.39 is 16.8 Å². The second-order valence-corrected chi connectivity index (χ2v) is 7.59. The second kappa shape index (κ2) is 8.83. The smallest absolute Gasteiger partial charge is 0.325 e. The molecule has 0 saturated heterocycles. The first kappa shape index (κ1) is 21.1. The molecule has 0 radical (unpaired) electrons. The van der Waals surface area contributed by atoms with Crippen LogP contribution in [0.1, 0.15) is 16.7 Å². The number of esters is 1. The fourth-order valence-electron chi connectivity index (χ4n) is 2.99. The lowest BCUT2D eigenvalue weighted by atomic mass is 10.1. The van der Waals surface area contributed by atoms with E-state index in [1.807, 2.05) is 26.0 Å². The molecule has 30 heavy (non-hydrogen) atoms. The van der Waals surface area contributed by atoms with Gasteiger partial charge in [0.05, 0.1) is 22.2 Å². The van der Waals surface area contributed by atoms with Gasteiger partial charge in [-0.05, 0) is 42.7 Å². The van der Waals surface area contributed by atoms with Crippen LogP contribution in [0.4, 0.5) is 5.69 Å². The molecule has 3 aromatic rings. The molecule has 0 spiro atoms. The summed E-state index contributed by atoms with van der Waals surface area (Å²) in [6, 6.07) is 9.90. The molecule has 3 rings (SSSR count). The molecule has 0 aliphatic carbocycles. The van der Waals surface area contributed by atoms with E-state index in [4.69, 9.17) is 4.74 Å². The predicted molar refractivity (Wildman–Crippen MR) is 114 cm³/mol. The Bertz CT molecular complexity index is 1250. The number of thiazole rings is 1. The molecule has 9 heteroatoms. The zero-order valence-electron chi connectivity index (χ0n) is 16.6. The molecule has 1 amide bonds. The Morgan fingerprint density at radius 3 is 2.73 bits per heavy atom. The summed E-state index contributed by atoms with van der Waals surface area (Å²) in [4.78, 5) is 39.2. The van der Waals surface area contributed by atoms with Gasteiger partial charge in [-0.15, -0.1) is 0 Å². The highest BCUT2D eigenvalue weighted by Crippen LogP contribution is 2.23. The van der Waals surface area contributed by atoms with Crippen molar-refractivity contribution in [3.63, 3.8) is 0 Å². The van der Waals surface area contributed by atoms with Crippen LogP contribution in [0.5, 0.6) is 0 Å². The van der Waals surface area contributed by atoms with Crippen LogP contribution in [-0.4, -0.2) is 28.5 Å². The molecule has 1 aromatic heterocycles. The Balaban J connectivity index is 2.02. The fraction of sp³-hybridized carbons (Fsp3) is 0.190. The van der Waals surface area contributed by atoms with Crippen LogP contribution in [0.2, 0.25) is 0 Å². The number of aromatic nitrogens is 1. The Morgan fingerprint density at radius 1 is 1.27 bits per heavy atom. The third kappa shape index (κ3) is 4.69. The van der Waals surface area contributed by atoms with E-state index >= 15 is 0 Å². The van der Waals surface area contributed by atoms with Gasteiger partial charge in [0.1, 0.15) is 6.54 Å². The van der Waals surface area contributed by atoms with Crippen molar-refractivity contribution in [2.75, 3.05) is 7.11 Å². The van der Waals surface area contributed by atoms with Crippen molar-refractivity contribution < 1.29 is 19.2 Å². The summed E-state index contributed by atoms with van der Waals surface area (Å²) in [5.41, 5.74) is 3.30. The van der Waals surface area contributed by atoms with Gasteiger partial charge in [0, 0.05) is 18.2 Å². The van der Waals surface area contributed by atoms with Gasteiger partial charge in [-0.3, -0.25) is 19.7 Å². The molecular weight excluding hydrogens is 406 g/mol. The van der Waals surface area contributed by atoms with Gasteiger partial charge in [-0.2, -0.15) is 4.99 Å². The number of amides is 1. The van der Waals surface area contributed by atoms with Crippen molar-refractivity contribution in [2.45, 2.75) is 20.4 Å². The van der Waals surface area contributed by atoms with E-state index in [1.54, 1.807) is 16.7 Å². The summed E-state index contributed by atoms with van der Waals surface area (Å²) in [5, 5.41) is 10.9. The number of aryl methyl sites for hydroxylation is 2. The topological polar surface area (TPSA) is 104 Å². The van der Waals surface area contributed by atoms with Crippen LogP contribution in [0.3, 0.4) is 0 Å². The van der Waals surface area contributed by atoms with E-state index in [9.17, 15) is 19.7 Å². The van der Waals surface area contributed by atoms with Crippen LogP contribution >= 0.6 is 11.3 Å². The van der Waals surface area contributed by atoms with Crippen molar-refractivity contribution in [1.82, 2.24) is 4.57 Å². The van der Waals surface area contributed by atoms with Crippen LogP contribution in [-0.2, 0) is 20.9 Å². The number of nitrogens with zero attached hydrogens (tertiary/aromatic N) is 3. The lowest BCUT2D eigenvalue weighted by Crippen LogP contribution is -2.22. The van der Waals surface area contributed by atoms with Crippen LogP contribution in [0.25, 0.3) is 16.3 Å². The Hall–Kier alpha value is -3.59. The van der Waals surface area contributed by atoms with Crippen molar-refractivity contribution in [1.29, 1.82) is 0 Å². The van der Waals surface area contributed by atoms with E-state index in [2.05, 4.69) is 4.99 Å². The number of hydrogen-bond acceptors (Lipinski definition) is 6. The third-order valence-electron chi connectivity index (χ3n) is 4.33. The number of carbonyl (C=O) groups excluding carboxylic acids is 2. The molecule has 0 bridgehead atoms. The van der Waals surface area contributed by atoms with Gasteiger partial charge in [0.15, 0.2) is 4.80 Å². The number of carbonyl (C=O) groups is 2. The molecule has 0 saturated carbocycles. The number of rotatable bonds is 5. The Kier molecular flexibility index (Phi) is 6.22. The molecule has 8 nitrogen and oxygen atoms in total. The Labute approximate surface area is 175 Å². The fourth-order valence-corrected chi connectivity index (χ4v) is 4.07. The zero-order chi connectivity index (χ0) is 21.8. The monoisotopic (exact) mass is 425 g/mol. The van der Waals surface area contributed by atoms with E-state index in [-0.39, 0.29) is 12.2 Å². The average molecular weight is 425 g/mol. The van der Waals surface area contributed by atoms with Crippen LogP contribution in [0.15, 0.2) is 47.5 Å². The molecule has 0 unspecified atom stereocenters. The van der Waals surface area contributed by atoms with E-state index in [1.165, 1.54) is 42.7 Å². The first-order chi connectivity index (χ1) is 14.3. The molecule has 0 aliphatic heterocycles. The van der Waals surface area contributed by atoms with E-state index in [0.29, 0.717) is 10.4 Å². The standard InChI is InChI=1S/C21H19N3O5S/c1-13-9-14(2)20-17(10-13)23(12-19(26)29-3)21(30-20)22-18(25)8-7-15-5-4-6-16(11-15)24(27)28/h4-11H,12H2,1-3H3. The van der Waals surface area contributed by atoms with Crippen molar-refractivity contribution in [3.05, 3.63) is 74.1 Å². The van der Waals surface area contributed by atoms with Gasteiger partial charge in [0.2, 0.25) is 0 Å². The lowest BCUT2D eigenvalue weighted by molar-refractivity contribution is -0.384. The van der Waals surface area contributed by atoms with E-state index in [0.717, 1.165) is 21.3 Å². The number of fused-ring (bicyclic) bond motifs is 1. The van der Waals surface area contributed by atoms with Crippen molar-refractivity contribution in [2.24, 2.45) is 4.99 Å². The van der Waals surface area contributed by atoms with Crippen molar-refractivity contribution >= 4 is 45.2 Å². The quantitative estimate of drug-likeness (QED) is 0.269. The maximum Gasteiger partial charge on any atom is 0.325 e. The normalized spacial score (nSPS) is 11.9. The summed E-state index contributed by atoms with van der Waals surface area (Å²) < 4.78 is 7.37. The molecule has 154 valence electrons. The number of ether oxygens (including phenoxy) is 1. The summed E-state index contributed by atoms with van der Waals surface area (Å²) in [6.07, 6.45) is 2.70. The highest BCUT2D eigenvalue weighted by atomic mass is 32.1. The first-order valence-corrected chi connectivity index (χ1v) is 9.79. The van der Waals surface area contributed by atoms with Crippen LogP contribution in [0, 0.1) is 24.0 Å². The minimum absolute atomic E-state index is 0.0622. The number of non-ortho nitro benzene ring substituents is 1. The summed E-state index contributed by atoms with van der Waals surface area (Å²) >= 11 is 1.31. The predicted octanol–water partition coefficient (Wildman–Crippen LogP) is 3.54. The second-order valence-electron chi connectivity index (χ2n) is 6.61. The minimum Gasteiger partial charge on any atom is -0.468 e. The molecule has 0 aliphatic rings. The highest BCUT2D eigenvalue weighted by Gasteiger charge is 2.13. The summed E-state index contributed by atoms with van der Waals surface area (Å²) in [5.74, 6) is -0.990. The molecule has 1 heterocycles. The van der Waals surface area contributed by atoms with Gasteiger partial charge in [-0.25, -0.2) is 0 Å². The SMILES string of the molecule is COC(=O)Cn1c(=NC(=O)C=Cc2cccc([N+](=O)[O-])c2)sc2c(C)cc(C)cc21. The lowest BCUT2D eigenvalue weighted by Gasteiger charge is -2.05. The Morgan fingerprint density at radius 2 is 2.03 bits per heavy atom. The molecule has 0 atom stereocenters. The molecule has 0 fully saturated rings. The van der Waals surface area contributed by atoms with Crippen LogP contribution < -0.4 is 4.80 Å². The molecular formula is C21H19N3O5S. The number of hydrogen-bond donors (Lipinski definition) is 0. The van der Waals surface area contributed by atoms with Gasteiger partial charge >= 0.3 is 5.97 Å². The van der Waals surface area contributed by atoms with Gasteiger partial charge < -0.3 is 9.30 Å². The molecule has 2 aromatic carbocycles. The summed E-state index contributed by atoms with van der Waals surface area (Å²) in [7, 11) is 1.30. The third-order valence-corrected chi connectivity index (χ3v) is 5.56. The highest BCUT2D eigenvalue weighted by molar-refractivity contribution is 7.16. The van der Waals surface area contributed by atoms with Gasteiger partial charge in [-0.1, -0.05) is 29.5 Å². The number of methoxy groups -OCH3 is 1. The zero-order valence-corrected chi connectivity index (χ0v) is 17.4. The molecule has 0 N–H and O–H groups in total. The summed E-state index contributed by atoms with van der Waals surface area (Å²) in [6.45, 7) is 3.85. The largest absolute Gasteiger partial charge is 0.468 e. The maximum atomic E-state index is 12.4. The number of nitro groups is 1. The first-order valence-electron chi connectivity index (χ1n) is 8.97. The van der Waals surface area contributed by atoms with Crippen molar-refractivity contribution in [3.8, 4) is 0 Å². The number of benzene rings is 2. The average Bonchev–Trinajstić information content (AvgIpc) is 3.03. The number of nitro benzene ring substituents is 1. The minimum atomic E-state index is -0.541. The van der Waals surface area contributed by atoms with Gasteiger partial charge in [0.25, 0.3) is 11.6 Å². The maximum absolute atomic E-state index is 12.4.